The molecular weight excluding hydrogens is 270 g/mol. The molecule has 1 atom stereocenters. The van der Waals surface area contributed by atoms with Crippen molar-refractivity contribution in [3.05, 3.63) is 24.3 Å². The van der Waals surface area contributed by atoms with Gasteiger partial charge in [-0.25, -0.2) is 4.90 Å². The Morgan fingerprint density at radius 1 is 1.24 bits per heavy atom. The van der Waals surface area contributed by atoms with E-state index in [0.717, 1.165) is 26.2 Å². The number of carbonyl (C=O) groups excluding carboxylic acids is 2. The highest BCUT2D eigenvalue weighted by atomic mass is 16.5. The molecule has 0 bridgehead atoms. The third-order valence-corrected chi connectivity index (χ3v) is 4.03. The number of amides is 2. The molecule has 3 rings (SSSR count). The molecule has 1 N–H and O–H groups in total. The molecule has 0 spiro atoms. The van der Waals surface area contributed by atoms with Crippen molar-refractivity contribution >= 4 is 17.5 Å². The van der Waals surface area contributed by atoms with Crippen LogP contribution >= 0.6 is 0 Å². The Morgan fingerprint density at radius 3 is 2.71 bits per heavy atom. The van der Waals surface area contributed by atoms with Gasteiger partial charge < -0.3 is 10.1 Å². The SMILES string of the molecule is COc1cccc(N2C(=O)CC(N3CCNCC3)C2=O)c1. The van der Waals surface area contributed by atoms with Crippen LogP contribution in [0.1, 0.15) is 6.42 Å². The minimum absolute atomic E-state index is 0.129. The average Bonchev–Trinajstić information content (AvgIpc) is 2.83. The number of methoxy groups -OCH3 is 1. The normalized spacial score (nSPS) is 23.7. The van der Waals surface area contributed by atoms with Crippen LogP contribution in [0.25, 0.3) is 0 Å². The highest BCUT2D eigenvalue weighted by Crippen LogP contribution is 2.28. The maximum Gasteiger partial charge on any atom is 0.251 e. The summed E-state index contributed by atoms with van der Waals surface area (Å²) in [5.41, 5.74) is 0.585. The maximum atomic E-state index is 12.6. The van der Waals surface area contributed by atoms with Crippen molar-refractivity contribution in [1.82, 2.24) is 10.2 Å². The molecule has 2 amide bonds. The average molecular weight is 289 g/mol. The molecule has 0 radical (unpaired) electrons. The number of piperazine rings is 1. The standard InChI is InChI=1S/C15H19N3O3/c1-21-12-4-2-3-11(9-12)18-14(19)10-13(15(18)20)17-7-5-16-6-8-17/h2-4,9,13,16H,5-8,10H2,1H3. The number of anilines is 1. The number of nitrogens with one attached hydrogen (secondary N) is 1. The second kappa shape index (κ2) is 5.83. The van der Waals surface area contributed by atoms with Crippen molar-refractivity contribution in [3.8, 4) is 5.75 Å². The van der Waals surface area contributed by atoms with Crippen molar-refractivity contribution < 1.29 is 14.3 Å². The van der Waals surface area contributed by atoms with E-state index in [4.69, 9.17) is 4.74 Å². The van der Waals surface area contributed by atoms with Crippen LogP contribution in [0.2, 0.25) is 0 Å². The molecule has 21 heavy (non-hydrogen) atoms. The first-order chi connectivity index (χ1) is 10.2. The van der Waals surface area contributed by atoms with E-state index in [-0.39, 0.29) is 24.3 Å². The number of rotatable bonds is 3. The minimum Gasteiger partial charge on any atom is -0.497 e. The number of benzene rings is 1. The molecule has 6 nitrogen and oxygen atoms in total. The molecule has 2 fully saturated rings. The predicted octanol–water partition coefficient (Wildman–Crippen LogP) is 0.232. The Bertz CT molecular complexity index is 555. The lowest BCUT2D eigenvalue weighted by atomic mass is 10.2. The van der Waals surface area contributed by atoms with Crippen LogP contribution in [0.4, 0.5) is 5.69 Å². The molecule has 2 saturated heterocycles. The molecule has 1 aromatic carbocycles. The third-order valence-electron chi connectivity index (χ3n) is 4.03. The first kappa shape index (κ1) is 14.0. The Kier molecular flexibility index (Phi) is 3.90. The molecule has 1 unspecified atom stereocenters. The zero-order chi connectivity index (χ0) is 14.8. The van der Waals surface area contributed by atoms with Gasteiger partial charge in [0.05, 0.1) is 25.3 Å². The number of carbonyl (C=O) groups is 2. The van der Waals surface area contributed by atoms with Gasteiger partial charge in [0.15, 0.2) is 0 Å². The van der Waals surface area contributed by atoms with Crippen molar-refractivity contribution in [2.45, 2.75) is 12.5 Å². The Balaban J connectivity index is 1.82. The molecule has 2 aliphatic rings. The third kappa shape index (κ3) is 2.64. The first-order valence-electron chi connectivity index (χ1n) is 7.16. The van der Waals surface area contributed by atoms with Gasteiger partial charge in [-0.05, 0) is 12.1 Å². The smallest absolute Gasteiger partial charge is 0.251 e. The van der Waals surface area contributed by atoms with Crippen LogP contribution in [-0.4, -0.2) is 56.0 Å². The van der Waals surface area contributed by atoms with E-state index in [1.165, 1.54) is 4.90 Å². The van der Waals surface area contributed by atoms with Crippen molar-refractivity contribution in [1.29, 1.82) is 0 Å². The van der Waals surface area contributed by atoms with Crippen LogP contribution in [0.5, 0.6) is 5.75 Å². The van der Waals surface area contributed by atoms with E-state index in [9.17, 15) is 9.59 Å². The molecule has 2 heterocycles. The summed E-state index contributed by atoms with van der Waals surface area (Å²) in [5.74, 6) is 0.366. The zero-order valence-electron chi connectivity index (χ0n) is 12.0. The van der Waals surface area contributed by atoms with Gasteiger partial charge in [-0.15, -0.1) is 0 Å². The van der Waals surface area contributed by atoms with Gasteiger partial charge in [0.25, 0.3) is 5.91 Å². The summed E-state index contributed by atoms with van der Waals surface area (Å²) in [4.78, 5) is 28.3. The van der Waals surface area contributed by atoms with Crippen molar-refractivity contribution in [2.24, 2.45) is 0 Å². The van der Waals surface area contributed by atoms with E-state index in [1.807, 2.05) is 0 Å². The fourth-order valence-electron chi connectivity index (χ4n) is 2.92. The zero-order valence-corrected chi connectivity index (χ0v) is 12.0. The molecule has 0 aromatic heterocycles. The number of ether oxygens (including phenoxy) is 1. The highest BCUT2D eigenvalue weighted by molar-refractivity contribution is 6.22. The van der Waals surface area contributed by atoms with Gasteiger partial charge in [0.1, 0.15) is 5.75 Å². The Morgan fingerprint density at radius 2 is 2.00 bits per heavy atom. The summed E-state index contributed by atoms with van der Waals surface area (Å²) in [7, 11) is 1.57. The second-order valence-electron chi connectivity index (χ2n) is 5.27. The van der Waals surface area contributed by atoms with Crippen molar-refractivity contribution in [2.75, 3.05) is 38.2 Å². The quantitative estimate of drug-likeness (QED) is 0.807. The molecular formula is C15H19N3O3. The largest absolute Gasteiger partial charge is 0.497 e. The predicted molar refractivity (Wildman–Crippen MR) is 78.3 cm³/mol. The van der Waals surface area contributed by atoms with E-state index in [1.54, 1.807) is 31.4 Å². The van der Waals surface area contributed by atoms with Gasteiger partial charge >= 0.3 is 0 Å². The van der Waals surface area contributed by atoms with E-state index >= 15 is 0 Å². The molecule has 0 saturated carbocycles. The molecule has 6 heteroatoms. The fraction of sp³-hybridized carbons (Fsp3) is 0.467. The van der Waals surface area contributed by atoms with Crippen LogP contribution < -0.4 is 15.0 Å². The fourth-order valence-corrected chi connectivity index (χ4v) is 2.92. The Hall–Kier alpha value is -1.92. The number of imide groups is 1. The van der Waals surface area contributed by atoms with Gasteiger partial charge in [-0.3, -0.25) is 14.5 Å². The summed E-state index contributed by atoms with van der Waals surface area (Å²) < 4.78 is 5.16. The lowest BCUT2D eigenvalue weighted by Crippen LogP contribution is -2.51. The molecule has 2 aliphatic heterocycles. The monoisotopic (exact) mass is 289 g/mol. The molecule has 112 valence electrons. The summed E-state index contributed by atoms with van der Waals surface area (Å²) in [6.07, 6.45) is 0.260. The maximum absolute atomic E-state index is 12.6. The van der Waals surface area contributed by atoms with Crippen LogP contribution in [-0.2, 0) is 9.59 Å². The summed E-state index contributed by atoms with van der Waals surface area (Å²) >= 11 is 0. The van der Waals surface area contributed by atoms with Gasteiger partial charge in [-0.2, -0.15) is 0 Å². The number of hydrogen-bond donors (Lipinski definition) is 1. The molecule has 1 aromatic rings. The first-order valence-corrected chi connectivity index (χ1v) is 7.16. The van der Waals surface area contributed by atoms with E-state index in [2.05, 4.69) is 10.2 Å². The van der Waals surface area contributed by atoms with Gasteiger partial charge in [0, 0.05) is 32.2 Å². The Labute approximate surface area is 123 Å². The lowest BCUT2D eigenvalue weighted by Gasteiger charge is -2.31. The van der Waals surface area contributed by atoms with E-state index in [0.29, 0.717) is 11.4 Å². The lowest BCUT2D eigenvalue weighted by molar-refractivity contribution is -0.123. The van der Waals surface area contributed by atoms with E-state index < -0.39 is 0 Å². The highest BCUT2D eigenvalue weighted by Gasteiger charge is 2.42. The summed E-state index contributed by atoms with van der Waals surface area (Å²) in [6, 6.07) is 6.73. The minimum atomic E-state index is -0.328. The number of hydrogen-bond acceptors (Lipinski definition) is 5. The summed E-state index contributed by atoms with van der Waals surface area (Å²) in [6.45, 7) is 3.32. The van der Waals surface area contributed by atoms with Crippen LogP contribution in [0, 0.1) is 0 Å². The summed E-state index contributed by atoms with van der Waals surface area (Å²) in [5, 5.41) is 3.25. The number of nitrogens with zero attached hydrogens (tertiary/aromatic N) is 2. The second-order valence-corrected chi connectivity index (χ2v) is 5.27. The topological polar surface area (TPSA) is 61.9 Å². The van der Waals surface area contributed by atoms with Crippen LogP contribution in [0.15, 0.2) is 24.3 Å². The van der Waals surface area contributed by atoms with Gasteiger partial charge in [-0.1, -0.05) is 6.07 Å². The van der Waals surface area contributed by atoms with Gasteiger partial charge in [0.2, 0.25) is 5.91 Å². The van der Waals surface area contributed by atoms with Crippen molar-refractivity contribution in [3.63, 3.8) is 0 Å². The molecule has 0 aliphatic carbocycles. The van der Waals surface area contributed by atoms with Crippen LogP contribution in [0.3, 0.4) is 0 Å².